The highest BCUT2D eigenvalue weighted by molar-refractivity contribution is 8.06. The number of hydrogen-bond acceptors (Lipinski definition) is 3. The van der Waals surface area contributed by atoms with E-state index < -0.39 is 26.7 Å². The fraction of sp³-hybridized carbons (Fsp3) is 0.222. The summed E-state index contributed by atoms with van der Waals surface area (Å²) in [5.74, 6) is 0. The number of halogens is 7. The van der Waals surface area contributed by atoms with E-state index in [0.29, 0.717) is 0 Å². The zero-order valence-corrected chi connectivity index (χ0v) is 11.8. The van der Waals surface area contributed by atoms with Crippen LogP contribution < -0.4 is 4.31 Å². The highest BCUT2D eigenvalue weighted by atomic mass is 35.6. The molecule has 1 aromatic carbocycles. The van der Waals surface area contributed by atoms with E-state index in [9.17, 15) is 22.4 Å². The lowest BCUT2D eigenvalue weighted by molar-refractivity contribution is -0.114. The number of hydrogen-bond donors (Lipinski definition) is 0. The molecule has 0 aliphatic rings. The van der Waals surface area contributed by atoms with Crippen LogP contribution in [0.4, 0.5) is 23.2 Å². The summed E-state index contributed by atoms with van der Waals surface area (Å²) in [6, 6.07) is 2.18. The van der Waals surface area contributed by atoms with E-state index in [1.165, 1.54) is 12.1 Å². The Morgan fingerprint density at radius 3 is 2.11 bits per heavy atom. The first-order chi connectivity index (χ1) is 8.52. The molecule has 1 aromatic rings. The first-order valence-electron chi connectivity index (χ1n) is 4.44. The van der Waals surface area contributed by atoms with E-state index in [0.717, 1.165) is 12.1 Å². The van der Waals surface area contributed by atoms with Gasteiger partial charge in [-0.1, -0.05) is 46.9 Å². The number of para-hydroxylation sites is 1. The SMILES string of the molecule is O=C(F)c1ccccc1N(SC(Cl)(Cl)Cl)C(F)(F)F. The maximum Gasteiger partial charge on any atom is 0.494 e. The topological polar surface area (TPSA) is 20.3 Å². The maximum absolute atomic E-state index is 12.9. The Kier molecular flexibility index (Phi) is 5.22. The van der Waals surface area contributed by atoms with E-state index >= 15 is 0 Å². The second kappa shape index (κ2) is 5.95. The van der Waals surface area contributed by atoms with Gasteiger partial charge in [0.05, 0.1) is 11.3 Å². The van der Waals surface area contributed by atoms with Crippen LogP contribution in [-0.2, 0) is 0 Å². The van der Waals surface area contributed by atoms with Crippen LogP contribution in [0.25, 0.3) is 0 Å². The first-order valence-corrected chi connectivity index (χ1v) is 6.35. The van der Waals surface area contributed by atoms with Crippen LogP contribution in [0.2, 0.25) is 0 Å². The summed E-state index contributed by atoms with van der Waals surface area (Å²) < 4.78 is 48.6. The van der Waals surface area contributed by atoms with Crippen LogP contribution >= 0.6 is 46.8 Å². The number of benzene rings is 1. The number of carbonyl (C=O) groups excluding carboxylic acids is 1. The fourth-order valence-electron chi connectivity index (χ4n) is 1.16. The Balaban J connectivity index is 3.30. The van der Waals surface area contributed by atoms with Crippen molar-refractivity contribution in [2.45, 2.75) is 9.42 Å². The van der Waals surface area contributed by atoms with Crippen molar-refractivity contribution < 1.29 is 22.4 Å². The van der Waals surface area contributed by atoms with Gasteiger partial charge in [-0.05, 0) is 12.1 Å². The average Bonchev–Trinajstić information content (AvgIpc) is 2.23. The molecule has 0 saturated carbocycles. The van der Waals surface area contributed by atoms with Gasteiger partial charge in [0.25, 0.3) is 3.12 Å². The van der Waals surface area contributed by atoms with Gasteiger partial charge >= 0.3 is 12.3 Å². The predicted molar refractivity (Wildman–Crippen MR) is 68.3 cm³/mol. The van der Waals surface area contributed by atoms with E-state index in [1.54, 1.807) is 0 Å². The summed E-state index contributed by atoms with van der Waals surface area (Å²) in [5, 5.41) is 0. The van der Waals surface area contributed by atoms with E-state index in [4.69, 9.17) is 34.8 Å². The second-order valence-electron chi connectivity index (χ2n) is 3.09. The quantitative estimate of drug-likeness (QED) is 0.247. The van der Waals surface area contributed by atoms with Crippen molar-refractivity contribution in [3.8, 4) is 0 Å². The summed E-state index contributed by atoms with van der Waals surface area (Å²) in [6.07, 6.45) is -4.97. The van der Waals surface area contributed by atoms with Crippen molar-refractivity contribution >= 4 is 58.5 Å². The van der Waals surface area contributed by atoms with Crippen LogP contribution in [0.5, 0.6) is 0 Å². The third kappa shape index (κ3) is 4.91. The largest absolute Gasteiger partial charge is 0.494 e. The maximum atomic E-state index is 12.9. The molecule has 1 rings (SSSR count). The number of alkyl halides is 6. The minimum atomic E-state index is -4.97. The normalized spacial score (nSPS) is 12.4. The summed E-state index contributed by atoms with van der Waals surface area (Å²) in [4.78, 5) is 10.7. The third-order valence-electron chi connectivity index (χ3n) is 1.76. The van der Waals surface area contributed by atoms with Gasteiger partial charge in [0.15, 0.2) is 0 Å². The Morgan fingerprint density at radius 1 is 1.16 bits per heavy atom. The molecule has 0 radical (unpaired) electrons. The summed E-state index contributed by atoms with van der Waals surface area (Å²) in [5.41, 5.74) is -1.53. The van der Waals surface area contributed by atoms with Gasteiger partial charge in [-0.3, -0.25) is 4.79 Å². The Labute approximate surface area is 124 Å². The zero-order valence-electron chi connectivity index (χ0n) is 8.72. The van der Waals surface area contributed by atoms with Gasteiger partial charge in [0.1, 0.15) is 0 Å². The highest BCUT2D eigenvalue weighted by Crippen LogP contribution is 2.48. The van der Waals surface area contributed by atoms with Gasteiger partial charge in [0.2, 0.25) is 0 Å². The van der Waals surface area contributed by atoms with Crippen molar-refractivity contribution in [2.75, 3.05) is 4.31 Å². The third-order valence-corrected chi connectivity index (χ3v) is 3.17. The molecule has 0 spiro atoms. The standard InChI is InChI=1S/C9H4Cl3F4NOS/c10-8(11,12)19-17(9(14,15)16)6-4-2-1-3-5(6)7(13)18/h1-4H. The van der Waals surface area contributed by atoms with E-state index in [1.807, 2.05) is 0 Å². The number of rotatable bonds is 3. The fourth-order valence-corrected chi connectivity index (χ4v) is 2.35. The Bertz CT molecular complexity index is 477. The molecule has 0 aliphatic carbocycles. The van der Waals surface area contributed by atoms with Crippen LogP contribution in [0.3, 0.4) is 0 Å². The van der Waals surface area contributed by atoms with Gasteiger partial charge in [-0.2, -0.15) is 4.39 Å². The lowest BCUT2D eigenvalue weighted by Crippen LogP contribution is -2.35. The number of anilines is 1. The average molecular weight is 357 g/mol. The zero-order chi connectivity index (χ0) is 14.8. The van der Waals surface area contributed by atoms with Crippen LogP contribution in [0, 0.1) is 0 Å². The molecule has 0 fully saturated rings. The predicted octanol–water partition coefficient (Wildman–Crippen LogP) is 5.10. The molecule has 2 nitrogen and oxygen atoms in total. The van der Waals surface area contributed by atoms with Gasteiger partial charge < -0.3 is 0 Å². The molecule has 0 bridgehead atoms. The molecular formula is C9H4Cl3F4NOS. The Morgan fingerprint density at radius 2 is 1.68 bits per heavy atom. The highest BCUT2D eigenvalue weighted by Gasteiger charge is 2.44. The summed E-state index contributed by atoms with van der Waals surface area (Å²) >= 11 is 15.6. The van der Waals surface area contributed by atoms with Crippen LogP contribution in [0.1, 0.15) is 10.4 Å². The first kappa shape index (κ1) is 16.7. The Hall–Kier alpha value is -0.370. The van der Waals surface area contributed by atoms with Gasteiger partial charge in [-0.15, -0.1) is 13.2 Å². The minimum absolute atomic E-state index is 0.221. The van der Waals surface area contributed by atoms with E-state index in [2.05, 4.69) is 0 Å². The molecule has 0 aliphatic heterocycles. The van der Waals surface area contributed by atoms with E-state index in [-0.39, 0.29) is 16.3 Å². The molecule has 0 atom stereocenters. The monoisotopic (exact) mass is 355 g/mol. The van der Waals surface area contributed by atoms with Gasteiger partial charge in [-0.25, -0.2) is 4.31 Å². The van der Waals surface area contributed by atoms with Crippen molar-refractivity contribution in [1.29, 1.82) is 0 Å². The summed E-state index contributed by atoms with van der Waals surface area (Å²) in [6.45, 7) is 0. The van der Waals surface area contributed by atoms with Gasteiger partial charge in [0, 0.05) is 11.9 Å². The molecule has 0 heterocycles. The smallest absolute Gasteiger partial charge is 0.255 e. The summed E-state index contributed by atoms with van der Waals surface area (Å²) in [7, 11) is 0. The van der Waals surface area contributed by atoms with Crippen LogP contribution in [0.15, 0.2) is 24.3 Å². The van der Waals surface area contributed by atoms with Crippen molar-refractivity contribution in [3.63, 3.8) is 0 Å². The molecule has 0 aromatic heterocycles. The molecule has 0 unspecified atom stereocenters. The molecule has 19 heavy (non-hydrogen) atoms. The molecule has 0 amide bonds. The lowest BCUT2D eigenvalue weighted by Gasteiger charge is -2.28. The van der Waals surface area contributed by atoms with Crippen molar-refractivity contribution in [1.82, 2.24) is 0 Å². The molecule has 0 saturated heterocycles. The van der Waals surface area contributed by atoms with Crippen molar-refractivity contribution in [3.05, 3.63) is 29.8 Å². The number of nitrogens with zero attached hydrogens (tertiary/aromatic N) is 1. The minimum Gasteiger partial charge on any atom is -0.255 e. The lowest BCUT2D eigenvalue weighted by atomic mass is 10.2. The molecule has 0 N–H and O–H groups in total. The van der Waals surface area contributed by atoms with Crippen molar-refractivity contribution in [2.24, 2.45) is 0 Å². The molecular weight excluding hydrogens is 353 g/mol. The number of carbonyl (C=O) groups is 1. The second-order valence-corrected chi connectivity index (χ2v) is 7.20. The molecule has 106 valence electrons. The molecule has 10 heteroatoms. The van der Waals surface area contributed by atoms with Crippen LogP contribution in [-0.4, -0.2) is 15.5 Å².